The lowest BCUT2D eigenvalue weighted by atomic mass is 10.4. The monoisotopic (exact) mass is 128 g/mol. The van der Waals surface area contributed by atoms with Crippen molar-refractivity contribution in [1.29, 1.82) is 0 Å². The first-order valence-electron chi connectivity index (χ1n) is 3.35. The third-order valence-corrected chi connectivity index (χ3v) is 1.25. The quantitative estimate of drug-likeness (QED) is 0.534. The van der Waals surface area contributed by atoms with Gasteiger partial charge in [0, 0.05) is 6.42 Å². The van der Waals surface area contributed by atoms with Crippen LogP contribution < -0.4 is 0 Å². The predicted molar refractivity (Wildman–Crippen MR) is 34.9 cm³/mol. The van der Waals surface area contributed by atoms with Crippen LogP contribution in [0.25, 0.3) is 0 Å². The van der Waals surface area contributed by atoms with E-state index in [1.54, 1.807) is 6.26 Å². The van der Waals surface area contributed by atoms with Crippen LogP contribution in [-0.2, 0) is 9.47 Å². The van der Waals surface area contributed by atoms with Crippen molar-refractivity contribution in [2.75, 3.05) is 6.61 Å². The minimum absolute atomic E-state index is 0.0104. The van der Waals surface area contributed by atoms with Crippen LogP contribution in [0.15, 0.2) is 12.3 Å². The topological polar surface area (TPSA) is 18.5 Å². The Morgan fingerprint density at radius 1 is 1.67 bits per heavy atom. The Bertz CT molecular complexity index is 99.1. The van der Waals surface area contributed by atoms with Crippen molar-refractivity contribution in [1.82, 2.24) is 0 Å². The number of hydrogen-bond acceptors (Lipinski definition) is 2. The van der Waals surface area contributed by atoms with Gasteiger partial charge < -0.3 is 9.47 Å². The maximum absolute atomic E-state index is 5.27. The Hall–Kier alpha value is -0.500. The molecule has 1 aliphatic rings. The molecule has 0 aromatic heterocycles. The minimum Gasteiger partial charge on any atom is -0.473 e. The Labute approximate surface area is 55.5 Å². The summed E-state index contributed by atoms with van der Waals surface area (Å²) < 4.78 is 10.4. The van der Waals surface area contributed by atoms with Gasteiger partial charge in [0.2, 0.25) is 0 Å². The molecule has 0 aromatic rings. The molecule has 0 radical (unpaired) electrons. The molecule has 2 heteroatoms. The van der Waals surface area contributed by atoms with Crippen molar-refractivity contribution >= 4 is 0 Å². The number of hydrogen-bond donors (Lipinski definition) is 0. The standard InChI is InChI=1S/C7H12O2/c1-2-7-8-5-3-4-6-9-7/h3,5,7H,2,4,6H2,1H3. The van der Waals surface area contributed by atoms with Crippen molar-refractivity contribution in [2.24, 2.45) is 0 Å². The van der Waals surface area contributed by atoms with E-state index in [0.717, 1.165) is 19.4 Å². The second-order valence-electron chi connectivity index (χ2n) is 2.01. The van der Waals surface area contributed by atoms with E-state index in [2.05, 4.69) is 0 Å². The summed E-state index contributed by atoms with van der Waals surface area (Å²) in [5, 5.41) is 0. The summed E-state index contributed by atoms with van der Waals surface area (Å²) in [5.41, 5.74) is 0. The molecular weight excluding hydrogens is 116 g/mol. The largest absolute Gasteiger partial charge is 0.473 e. The van der Waals surface area contributed by atoms with Crippen LogP contribution in [-0.4, -0.2) is 12.9 Å². The summed E-state index contributed by atoms with van der Waals surface area (Å²) in [4.78, 5) is 0. The molecule has 0 saturated heterocycles. The molecule has 0 N–H and O–H groups in total. The van der Waals surface area contributed by atoms with Gasteiger partial charge in [0.25, 0.3) is 0 Å². The highest BCUT2D eigenvalue weighted by molar-refractivity contribution is 4.75. The molecule has 0 fully saturated rings. The molecule has 0 saturated carbocycles. The molecular formula is C7H12O2. The predicted octanol–water partition coefficient (Wildman–Crippen LogP) is 1.67. The van der Waals surface area contributed by atoms with Gasteiger partial charge in [-0.2, -0.15) is 0 Å². The van der Waals surface area contributed by atoms with Gasteiger partial charge in [-0.1, -0.05) is 6.92 Å². The maximum atomic E-state index is 5.27. The molecule has 1 rings (SSSR count). The van der Waals surface area contributed by atoms with Gasteiger partial charge in [0.15, 0.2) is 6.29 Å². The van der Waals surface area contributed by atoms with Crippen molar-refractivity contribution in [3.63, 3.8) is 0 Å². The fourth-order valence-corrected chi connectivity index (χ4v) is 0.732. The zero-order valence-corrected chi connectivity index (χ0v) is 5.67. The molecule has 9 heavy (non-hydrogen) atoms. The van der Waals surface area contributed by atoms with Crippen molar-refractivity contribution in [2.45, 2.75) is 26.1 Å². The van der Waals surface area contributed by atoms with Crippen LogP contribution in [0.1, 0.15) is 19.8 Å². The van der Waals surface area contributed by atoms with Gasteiger partial charge in [-0.25, -0.2) is 0 Å². The zero-order chi connectivity index (χ0) is 6.53. The summed E-state index contributed by atoms with van der Waals surface area (Å²) in [6.07, 6.45) is 5.58. The third-order valence-electron chi connectivity index (χ3n) is 1.25. The summed E-state index contributed by atoms with van der Waals surface area (Å²) in [7, 11) is 0. The van der Waals surface area contributed by atoms with Crippen molar-refractivity contribution < 1.29 is 9.47 Å². The highest BCUT2D eigenvalue weighted by Gasteiger charge is 2.05. The average Bonchev–Trinajstić information content (AvgIpc) is 2.13. The van der Waals surface area contributed by atoms with Gasteiger partial charge in [0.05, 0.1) is 12.9 Å². The third kappa shape index (κ3) is 2.06. The highest BCUT2D eigenvalue weighted by Crippen LogP contribution is 2.05. The fourth-order valence-electron chi connectivity index (χ4n) is 0.732. The van der Waals surface area contributed by atoms with Gasteiger partial charge in [-0.15, -0.1) is 0 Å². The van der Waals surface area contributed by atoms with E-state index in [9.17, 15) is 0 Å². The average molecular weight is 128 g/mol. The van der Waals surface area contributed by atoms with Crippen LogP contribution in [0.5, 0.6) is 0 Å². The van der Waals surface area contributed by atoms with E-state index >= 15 is 0 Å². The Kier molecular flexibility index (Phi) is 2.58. The molecule has 2 nitrogen and oxygen atoms in total. The van der Waals surface area contributed by atoms with Crippen LogP contribution in [0.2, 0.25) is 0 Å². The van der Waals surface area contributed by atoms with E-state index in [-0.39, 0.29) is 6.29 Å². The molecule has 0 bridgehead atoms. The molecule has 0 amide bonds. The van der Waals surface area contributed by atoms with E-state index in [4.69, 9.17) is 9.47 Å². The highest BCUT2D eigenvalue weighted by atomic mass is 16.7. The number of rotatable bonds is 1. The smallest absolute Gasteiger partial charge is 0.198 e. The van der Waals surface area contributed by atoms with E-state index in [0.29, 0.717) is 0 Å². The lowest BCUT2D eigenvalue weighted by Gasteiger charge is -2.11. The molecule has 1 unspecified atom stereocenters. The van der Waals surface area contributed by atoms with E-state index < -0.39 is 0 Å². The molecule has 52 valence electrons. The minimum atomic E-state index is -0.0104. The summed E-state index contributed by atoms with van der Waals surface area (Å²) in [6.45, 7) is 2.83. The van der Waals surface area contributed by atoms with Gasteiger partial charge in [-0.3, -0.25) is 0 Å². The summed E-state index contributed by atoms with van der Waals surface area (Å²) >= 11 is 0. The van der Waals surface area contributed by atoms with Gasteiger partial charge in [-0.05, 0) is 12.5 Å². The lowest BCUT2D eigenvalue weighted by Crippen LogP contribution is -2.11. The zero-order valence-electron chi connectivity index (χ0n) is 5.67. The molecule has 1 aliphatic heterocycles. The summed E-state index contributed by atoms with van der Waals surface area (Å²) in [5.74, 6) is 0. The van der Waals surface area contributed by atoms with E-state index in [1.807, 2.05) is 13.0 Å². The molecule has 1 heterocycles. The van der Waals surface area contributed by atoms with E-state index in [1.165, 1.54) is 0 Å². The Morgan fingerprint density at radius 3 is 3.33 bits per heavy atom. The fraction of sp³-hybridized carbons (Fsp3) is 0.714. The first kappa shape index (κ1) is 6.62. The first-order chi connectivity index (χ1) is 4.43. The molecule has 1 atom stereocenters. The number of ether oxygens (including phenoxy) is 2. The lowest BCUT2D eigenvalue weighted by molar-refractivity contribution is -0.0996. The second-order valence-corrected chi connectivity index (χ2v) is 2.01. The first-order valence-corrected chi connectivity index (χ1v) is 3.35. The van der Waals surface area contributed by atoms with Gasteiger partial charge >= 0.3 is 0 Å². The second kappa shape index (κ2) is 3.51. The van der Waals surface area contributed by atoms with Crippen LogP contribution >= 0.6 is 0 Å². The Balaban J connectivity index is 2.29. The van der Waals surface area contributed by atoms with Crippen LogP contribution in [0.3, 0.4) is 0 Å². The molecule has 0 spiro atoms. The van der Waals surface area contributed by atoms with Gasteiger partial charge in [0.1, 0.15) is 0 Å². The summed E-state index contributed by atoms with van der Waals surface area (Å²) in [6, 6.07) is 0. The molecule has 0 aromatic carbocycles. The van der Waals surface area contributed by atoms with Crippen LogP contribution in [0.4, 0.5) is 0 Å². The molecule has 0 aliphatic carbocycles. The normalized spacial score (nSPS) is 27.0. The van der Waals surface area contributed by atoms with Crippen molar-refractivity contribution in [3.05, 3.63) is 12.3 Å². The van der Waals surface area contributed by atoms with Crippen molar-refractivity contribution in [3.8, 4) is 0 Å². The maximum Gasteiger partial charge on any atom is 0.198 e. The van der Waals surface area contributed by atoms with Crippen LogP contribution in [0, 0.1) is 0 Å². The Morgan fingerprint density at radius 2 is 2.56 bits per heavy atom. The SMILES string of the molecule is CCC1OC=CCCO1.